The molecule has 0 bridgehead atoms. The molecule has 3 nitrogen and oxygen atoms in total. The lowest BCUT2D eigenvalue weighted by Crippen LogP contribution is -2.32. The summed E-state index contributed by atoms with van der Waals surface area (Å²) in [5.41, 5.74) is 2.82. The van der Waals surface area contributed by atoms with Gasteiger partial charge >= 0.3 is 0 Å². The average molecular weight is 358 g/mol. The molecule has 0 aliphatic rings. The molecule has 4 aromatic rings. The van der Waals surface area contributed by atoms with Gasteiger partial charge in [-0.25, -0.2) is 4.98 Å². The van der Waals surface area contributed by atoms with E-state index in [1.807, 2.05) is 72.8 Å². The average Bonchev–Trinajstić information content (AvgIpc) is 3.13. The van der Waals surface area contributed by atoms with E-state index in [4.69, 9.17) is 4.98 Å². The molecule has 0 saturated carbocycles. The first-order chi connectivity index (χ1) is 12.8. The van der Waals surface area contributed by atoms with Crippen LogP contribution in [0.3, 0.4) is 0 Å². The molecule has 4 rings (SSSR count). The number of thiazole rings is 1. The van der Waals surface area contributed by atoms with E-state index < -0.39 is 0 Å². The van der Waals surface area contributed by atoms with Crippen LogP contribution in [0.1, 0.15) is 15.9 Å². The van der Waals surface area contributed by atoms with Crippen LogP contribution in [0.25, 0.3) is 10.2 Å². The summed E-state index contributed by atoms with van der Waals surface area (Å²) >= 11 is 1.56. The van der Waals surface area contributed by atoms with Crippen molar-refractivity contribution in [3.8, 4) is 0 Å². The maximum absolute atomic E-state index is 13.1. The SMILES string of the molecule is O=C(c1ccccc1)N(CCc1ccccc1)c1nc2ccccc2s1. The van der Waals surface area contributed by atoms with Gasteiger partial charge in [-0.05, 0) is 36.2 Å². The molecule has 128 valence electrons. The van der Waals surface area contributed by atoms with Gasteiger partial charge in [0.2, 0.25) is 0 Å². The number of anilines is 1. The molecule has 0 spiro atoms. The minimum absolute atomic E-state index is 0.0133. The third kappa shape index (κ3) is 3.51. The summed E-state index contributed by atoms with van der Waals surface area (Å²) in [4.78, 5) is 19.6. The Bertz CT molecular complexity index is 979. The highest BCUT2D eigenvalue weighted by molar-refractivity contribution is 7.22. The zero-order valence-corrected chi connectivity index (χ0v) is 15.0. The van der Waals surface area contributed by atoms with Crippen LogP contribution in [0.15, 0.2) is 84.9 Å². The molecule has 1 heterocycles. The van der Waals surface area contributed by atoms with Crippen molar-refractivity contribution < 1.29 is 4.79 Å². The highest BCUT2D eigenvalue weighted by Gasteiger charge is 2.21. The van der Waals surface area contributed by atoms with E-state index in [2.05, 4.69) is 12.1 Å². The number of nitrogens with zero attached hydrogens (tertiary/aromatic N) is 2. The van der Waals surface area contributed by atoms with E-state index in [9.17, 15) is 4.79 Å². The lowest BCUT2D eigenvalue weighted by atomic mass is 10.1. The first-order valence-electron chi connectivity index (χ1n) is 8.58. The topological polar surface area (TPSA) is 33.2 Å². The van der Waals surface area contributed by atoms with Crippen LogP contribution in [-0.2, 0) is 6.42 Å². The van der Waals surface area contributed by atoms with Crippen molar-refractivity contribution in [3.05, 3.63) is 96.1 Å². The summed E-state index contributed by atoms with van der Waals surface area (Å²) in [7, 11) is 0. The van der Waals surface area contributed by atoms with Crippen molar-refractivity contribution in [3.63, 3.8) is 0 Å². The number of amides is 1. The van der Waals surface area contributed by atoms with E-state index in [1.165, 1.54) is 5.56 Å². The molecule has 0 radical (unpaired) electrons. The summed E-state index contributed by atoms with van der Waals surface area (Å²) in [5, 5.41) is 0.746. The van der Waals surface area contributed by atoms with E-state index in [0.717, 1.165) is 21.8 Å². The van der Waals surface area contributed by atoms with Crippen molar-refractivity contribution >= 4 is 32.6 Å². The number of carbonyl (C=O) groups excluding carboxylic acids is 1. The Hall–Kier alpha value is -2.98. The highest BCUT2D eigenvalue weighted by atomic mass is 32.1. The Morgan fingerprint density at radius 3 is 2.23 bits per heavy atom. The quantitative estimate of drug-likeness (QED) is 0.492. The zero-order valence-electron chi connectivity index (χ0n) is 14.2. The van der Waals surface area contributed by atoms with Crippen LogP contribution < -0.4 is 4.90 Å². The van der Waals surface area contributed by atoms with Crippen molar-refractivity contribution in [2.45, 2.75) is 6.42 Å². The lowest BCUT2D eigenvalue weighted by Gasteiger charge is -2.20. The maximum atomic E-state index is 13.1. The van der Waals surface area contributed by atoms with Crippen LogP contribution in [-0.4, -0.2) is 17.4 Å². The van der Waals surface area contributed by atoms with Crippen molar-refractivity contribution in [1.82, 2.24) is 4.98 Å². The minimum atomic E-state index is -0.0133. The fourth-order valence-corrected chi connectivity index (χ4v) is 3.87. The van der Waals surface area contributed by atoms with Gasteiger partial charge in [0, 0.05) is 12.1 Å². The minimum Gasteiger partial charge on any atom is -0.284 e. The number of aromatic nitrogens is 1. The summed E-state index contributed by atoms with van der Waals surface area (Å²) in [6, 6.07) is 27.6. The Morgan fingerprint density at radius 2 is 1.50 bits per heavy atom. The van der Waals surface area contributed by atoms with E-state index in [0.29, 0.717) is 12.1 Å². The Labute approximate surface area is 156 Å². The summed E-state index contributed by atoms with van der Waals surface area (Å²) in [6.07, 6.45) is 0.787. The molecule has 0 unspecified atom stereocenters. The molecule has 1 aromatic heterocycles. The molecule has 26 heavy (non-hydrogen) atoms. The van der Waals surface area contributed by atoms with Crippen LogP contribution in [0.2, 0.25) is 0 Å². The number of para-hydroxylation sites is 1. The molecule has 0 aliphatic carbocycles. The first-order valence-corrected chi connectivity index (χ1v) is 9.39. The molecule has 0 saturated heterocycles. The maximum Gasteiger partial charge on any atom is 0.260 e. The first kappa shape index (κ1) is 16.5. The largest absolute Gasteiger partial charge is 0.284 e. The predicted molar refractivity (Wildman–Crippen MR) is 108 cm³/mol. The van der Waals surface area contributed by atoms with Gasteiger partial charge in [0.25, 0.3) is 5.91 Å². The molecule has 0 N–H and O–H groups in total. The summed E-state index contributed by atoms with van der Waals surface area (Å²) in [6.45, 7) is 0.595. The monoisotopic (exact) mass is 358 g/mol. The molecule has 0 fully saturated rings. The molecule has 3 aromatic carbocycles. The summed E-state index contributed by atoms with van der Waals surface area (Å²) in [5.74, 6) is -0.0133. The van der Waals surface area contributed by atoms with Gasteiger partial charge < -0.3 is 0 Å². The fourth-order valence-electron chi connectivity index (χ4n) is 2.88. The number of rotatable bonds is 5. The van der Waals surface area contributed by atoms with Gasteiger partial charge in [-0.3, -0.25) is 9.69 Å². The molecule has 4 heteroatoms. The number of hydrogen-bond acceptors (Lipinski definition) is 3. The van der Waals surface area contributed by atoms with Crippen LogP contribution in [0, 0.1) is 0 Å². The number of benzene rings is 3. The lowest BCUT2D eigenvalue weighted by molar-refractivity contribution is 0.0987. The second-order valence-electron chi connectivity index (χ2n) is 6.02. The Kier molecular flexibility index (Phi) is 4.75. The van der Waals surface area contributed by atoms with Gasteiger partial charge in [0.05, 0.1) is 10.2 Å². The molecule has 1 amide bonds. The van der Waals surface area contributed by atoms with Crippen molar-refractivity contribution in [2.24, 2.45) is 0 Å². The van der Waals surface area contributed by atoms with Crippen LogP contribution in [0.4, 0.5) is 5.13 Å². The predicted octanol–water partition coefficient (Wildman–Crippen LogP) is 5.19. The third-order valence-electron chi connectivity index (χ3n) is 4.25. The van der Waals surface area contributed by atoms with E-state index in [1.54, 1.807) is 16.2 Å². The number of fused-ring (bicyclic) bond motifs is 1. The zero-order chi connectivity index (χ0) is 17.8. The Balaban J connectivity index is 1.67. The van der Waals surface area contributed by atoms with Crippen molar-refractivity contribution in [2.75, 3.05) is 11.4 Å². The van der Waals surface area contributed by atoms with Crippen LogP contribution >= 0.6 is 11.3 Å². The fraction of sp³-hybridized carbons (Fsp3) is 0.0909. The third-order valence-corrected chi connectivity index (χ3v) is 5.31. The number of hydrogen-bond donors (Lipinski definition) is 0. The van der Waals surface area contributed by atoms with Gasteiger partial charge in [0.15, 0.2) is 5.13 Å². The molecular weight excluding hydrogens is 340 g/mol. The second kappa shape index (κ2) is 7.50. The molecule has 0 atom stereocenters. The van der Waals surface area contributed by atoms with Crippen molar-refractivity contribution in [1.29, 1.82) is 0 Å². The van der Waals surface area contributed by atoms with Gasteiger partial charge in [-0.1, -0.05) is 72.0 Å². The smallest absolute Gasteiger partial charge is 0.260 e. The van der Waals surface area contributed by atoms with E-state index >= 15 is 0 Å². The van der Waals surface area contributed by atoms with Gasteiger partial charge in [-0.15, -0.1) is 0 Å². The molecular formula is C22H18N2OS. The van der Waals surface area contributed by atoms with Gasteiger partial charge in [-0.2, -0.15) is 0 Å². The second-order valence-corrected chi connectivity index (χ2v) is 7.03. The van der Waals surface area contributed by atoms with E-state index in [-0.39, 0.29) is 5.91 Å². The van der Waals surface area contributed by atoms with Gasteiger partial charge in [0.1, 0.15) is 0 Å². The summed E-state index contributed by atoms with van der Waals surface area (Å²) < 4.78 is 1.09. The standard InChI is InChI=1S/C22H18N2OS/c25-21(18-11-5-2-6-12-18)24(16-15-17-9-3-1-4-10-17)22-23-19-13-7-8-14-20(19)26-22/h1-14H,15-16H2. The van der Waals surface area contributed by atoms with Crippen LogP contribution in [0.5, 0.6) is 0 Å². The Morgan fingerprint density at radius 1 is 0.846 bits per heavy atom. The highest BCUT2D eigenvalue weighted by Crippen LogP contribution is 2.29. The number of carbonyl (C=O) groups is 1. The molecule has 0 aliphatic heterocycles. The normalized spacial score (nSPS) is 10.8.